The number of ether oxygens (including phenoxy) is 1. The maximum atomic E-state index is 14.5. The Labute approximate surface area is 279 Å². The van der Waals surface area contributed by atoms with E-state index < -0.39 is 21.5 Å². The third-order valence-corrected chi connectivity index (χ3v) is 13.2. The van der Waals surface area contributed by atoms with Gasteiger partial charge in [-0.1, -0.05) is 76.8 Å². The van der Waals surface area contributed by atoms with Gasteiger partial charge >= 0.3 is 16.2 Å². The van der Waals surface area contributed by atoms with Crippen LogP contribution < -0.4 is 4.72 Å². The second-order valence-corrected chi connectivity index (χ2v) is 17.3. The Morgan fingerprint density at radius 1 is 1.02 bits per heavy atom. The first-order chi connectivity index (χ1) is 22.4. The summed E-state index contributed by atoms with van der Waals surface area (Å²) in [5, 5.41) is 1.08. The molecule has 2 unspecified atom stereocenters. The number of esters is 1. The van der Waals surface area contributed by atoms with Gasteiger partial charge in [0.2, 0.25) is 0 Å². The Kier molecular flexibility index (Phi) is 8.31. The van der Waals surface area contributed by atoms with E-state index in [2.05, 4.69) is 54.3 Å². The van der Waals surface area contributed by atoms with Crippen LogP contribution in [-0.4, -0.2) is 49.4 Å². The van der Waals surface area contributed by atoms with E-state index in [1.54, 1.807) is 6.07 Å². The molecule has 7 rings (SSSR count). The summed E-state index contributed by atoms with van der Waals surface area (Å²) in [6, 6.07) is 14.1. The molecule has 0 radical (unpaired) electrons. The van der Waals surface area contributed by atoms with Crippen molar-refractivity contribution in [3.8, 4) is 11.3 Å². The van der Waals surface area contributed by atoms with Gasteiger partial charge in [0, 0.05) is 48.6 Å². The molecule has 8 nitrogen and oxygen atoms in total. The van der Waals surface area contributed by atoms with Crippen LogP contribution >= 0.6 is 0 Å². The minimum Gasteiger partial charge on any atom is -0.462 e. The Bertz CT molecular complexity index is 1820. The lowest BCUT2D eigenvalue weighted by atomic mass is 9.75. The predicted molar refractivity (Wildman–Crippen MR) is 184 cm³/mol. The van der Waals surface area contributed by atoms with Crippen LogP contribution in [0, 0.1) is 23.2 Å². The van der Waals surface area contributed by atoms with Gasteiger partial charge in [-0.25, -0.2) is 4.72 Å². The van der Waals surface area contributed by atoms with Crippen LogP contribution in [0.1, 0.15) is 112 Å². The smallest absolute Gasteiger partial charge is 0.314 e. The van der Waals surface area contributed by atoms with Gasteiger partial charge < -0.3 is 9.30 Å². The van der Waals surface area contributed by atoms with Crippen LogP contribution in [0.2, 0.25) is 0 Å². The quantitative estimate of drug-likeness (QED) is 0.267. The fourth-order valence-electron chi connectivity index (χ4n) is 9.03. The second-order valence-electron chi connectivity index (χ2n) is 15.4. The highest BCUT2D eigenvalue weighted by atomic mass is 32.2. The number of hydrogen-bond donors (Lipinski definition) is 1. The Hall–Kier alpha value is -3.17. The number of fused-ring (bicyclic) bond motifs is 7. The number of carbonyl (C=O) groups excluding carboxylic acids is 2. The van der Waals surface area contributed by atoms with Crippen molar-refractivity contribution in [2.75, 3.05) is 14.1 Å². The van der Waals surface area contributed by atoms with Crippen molar-refractivity contribution in [2.45, 2.75) is 103 Å². The molecule has 4 aliphatic rings. The van der Waals surface area contributed by atoms with E-state index in [-0.39, 0.29) is 23.6 Å². The van der Waals surface area contributed by atoms with Crippen LogP contribution in [-0.2, 0) is 26.3 Å². The topological polar surface area (TPSA) is 97.7 Å². The number of rotatable bonds is 7. The molecule has 9 heteroatoms. The number of nitrogens with zero attached hydrogens (tertiary/aromatic N) is 2. The molecule has 2 aromatic carbocycles. The first-order valence-electron chi connectivity index (χ1n) is 17.6. The molecule has 3 saturated carbocycles. The largest absolute Gasteiger partial charge is 0.462 e. The molecule has 5 atom stereocenters. The Morgan fingerprint density at radius 3 is 2.49 bits per heavy atom. The van der Waals surface area contributed by atoms with E-state index in [1.807, 2.05) is 12.1 Å². The molecule has 1 N–H and O–H groups in total. The van der Waals surface area contributed by atoms with Crippen LogP contribution in [0.5, 0.6) is 0 Å². The summed E-state index contributed by atoms with van der Waals surface area (Å²) in [4.78, 5) is 27.9. The standard InChI is InChI=1S/C38H49N3O5S/c1-23(2)27-17-15-24(3)19-33(27)46-37(43)38-21-31(38)28-13-9-10-14-29(28)35-34(25-11-7-6-8-12-25)30-18-16-26(20-32(30)41(35)22-38)36(42)39-47(44,45)40(4)5/h9-10,13-14,16,18,20,23-25,27,31,33H,6-8,11-12,15,17,19,21-22H2,1-5H3,(H,39,42)/t24-,27+,31?,33-,38?/m1/s1. The zero-order chi connectivity index (χ0) is 33.2. The van der Waals surface area contributed by atoms with E-state index in [9.17, 15) is 18.0 Å². The normalized spacial score (nSPS) is 27.6. The first-order valence-corrected chi connectivity index (χ1v) is 19.1. The molecule has 0 bridgehead atoms. The molecular formula is C38H49N3O5S. The minimum atomic E-state index is -3.96. The molecular weight excluding hydrogens is 611 g/mol. The van der Waals surface area contributed by atoms with E-state index >= 15 is 0 Å². The highest BCUT2D eigenvalue weighted by Crippen LogP contribution is 2.66. The lowest BCUT2D eigenvalue weighted by molar-refractivity contribution is -0.163. The number of nitrogens with one attached hydrogen (secondary N) is 1. The van der Waals surface area contributed by atoms with Crippen LogP contribution in [0.15, 0.2) is 42.5 Å². The molecule has 47 heavy (non-hydrogen) atoms. The number of carbonyl (C=O) groups is 2. The lowest BCUT2D eigenvalue weighted by Gasteiger charge is -2.37. The maximum absolute atomic E-state index is 14.5. The summed E-state index contributed by atoms with van der Waals surface area (Å²) in [6.07, 6.45) is 9.62. The van der Waals surface area contributed by atoms with Crippen molar-refractivity contribution < 1.29 is 22.7 Å². The number of aromatic nitrogens is 1. The summed E-state index contributed by atoms with van der Waals surface area (Å²) in [5.41, 5.74) is 5.26. The van der Waals surface area contributed by atoms with Crippen LogP contribution in [0.3, 0.4) is 0 Å². The number of amides is 1. The van der Waals surface area contributed by atoms with E-state index in [1.165, 1.54) is 50.9 Å². The summed E-state index contributed by atoms with van der Waals surface area (Å²) in [5.74, 6) is 1.01. The minimum absolute atomic E-state index is 0.0654. The Morgan fingerprint density at radius 2 is 1.77 bits per heavy atom. The SMILES string of the molecule is CC(C)[C@@H]1CC[C@@H](C)C[C@H]1OC(=O)C12CC1c1ccccc1-c1c(C3CCCCC3)c3ccc(C(=O)NS(=O)(=O)N(C)C)cc3n1C2. The van der Waals surface area contributed by atoms with Gasteiger partial charge in [-0.2, -0.15) is 12.7 Å². The molecule has 1 aromatic heterocycles. The molecule has 0 spiro atoms. The molecule has 252 valence electrons. The molecule has 1 aliphatic heterocycles. The molecule has 0 saturated heterocycles. The molecule has 3 fully saturated rings. The monoisotopic (exact) mass is 659 g/mol. The third kappa shape index (κ3) is 5.61. The van der Waals surface area contributed by atoms with E-state index in [0.29, 0.717) is 30.2 Å². The molecule has 2 heterocycles. The third-order valence-electron chi connectivity index (χ3n) is 11.8. The maximum Gasteiger partial charge on any atom is 0.314 e. The fraction of sp³-hybridized carbons (Fsp3) is 0.579. The first kappa shape index (κ1) is 32.4. The fourth-order valence-corrected chi connectivity index (χ4v) is 9.56. The van der Waals surface area contributed by atoms with Gasteiger partial charge in [0.25, 0.3) is 5.91 Å². The molecule has 3 aliphatic carbocycles. The van der Waals surface area contributed by atoms with E-state index in [0.717, 1.165) is 58.6 Å². The highest BCUT2D eigenvalue weighted by molar-refractivity contribution is 7.87. The average molecular weight is 660 g/mol. The number of hydrogen-bond acceptors (Lipinski definition) is 5. The summed E-state index contributed by atoms with van der Waals surface area (Å²) >= 11 is 0. The van der Waals surface area contributed by atoms with Gasteiger partial charge in [-0.15, -0.1) is 0 Å². The average Bonchev–Trinajstić information content (AvgIpc) is 3.71. The van der Waals surface area contributed by atoms with Crippen LogP contribution in [0.4, 0.5) is 0 Å². The number of benzene rings is 2. The van der Waals surface area contributed by atoms with Gasteiger partial charge in [-0.3, -0.25) is 9.59 Å². The van der Waals surface area contributed by atoms with Crippen molar-refractivity contribution in [3.63, 3.8) is 0 Å². The van der Waals surface area contributed by atoms with Crippen molar-refractivity contribution >= 4 is 33.0 Å². The van der Waals surface area contributed by atoms with Crippen molar-refractivity contribution in [2.24, 2.45) is 23.2 Å². The molecule has 1 amide bonds. The highest BCUT2D eigenvalue weighted by Gasteiger charge is 2.64. The van der Waals surface area contributed by atoms with Gasteiger partial charge in [0.15, 0.2) is 0 Å². The summed E-state index contributed by atoms with van der Waals surface area (Å²) < 4.78 is 37.2. The van der Waals surface area contributed by atoms with Gasteiger partial charge in [0.05, 0.1) is 11.1 Å². The lowest BCUT2D eigenvalue weighted by Crippen LogP contribution is -2.39. The summed E-state index contributed by atoms with van der Waals surface area (Å²) in [6.45, 7) is 7.22. The molecule has 3 aromatic rings. The second kappa shape index (κ2) is 12.1. The zero-order valence-corrected chi connectivity index (χ0v) is 29.2. The zero-order valence-electron chi connectivity index (χ0n) is 28.4. The van der Waals surface area contributed by atoms with Crippen molar-refractivity contribution in [1.29, 1.82) is 0 Å². The van der Waals surface area contributed by atoms with E-state index in [4.69, 9.17) is 4.74 Å². The van der Waals surface area contributed by atoms with Crippen LogP contribution in [0.25, 0.3) is 22.2 Å². The van der Waals surface area contributed by atoms with Gasteiger partial charge in [-0.05, 0) is 79.0 Å². The Balaban J connectivity index is 1.36. The van der Waals surface area contributed by atoms with Crippen molar-refractivity contribution in [1.82, 2.24) is 13.6 Å². The van der Waals surface area contributed by atoms with Gasteiger partial charge in [0.1, 0.15) is 6.10 Å². The summed E-state index contributed by atoms with van der Waals surface area (Å²) in [7, 11) is -1.18. The van der Waals surface area contributed by atoms with Crippen molar-refractivity contribution in [3.05, 3.63) is 59.2 Å². The predicted octanol–water partition coefficient (Wildman–Crippen LogP) is 7.38.